The maximum Gasteiger partial charge on any atom is 0.335 e. The van der Waals surface area contributed by atoms with Gasteiger partial charge in [-0.15, -0.1) is 0 Å². The summed E-state index contributed by atoms with van der Waals surface area (Å²) < 4.78 is 4.87. The van der Waals surface area contributed by atoms with E-state index in [0.717, 1.165) is 0 Å². The minimum Gasteiger partial charge on any atom is -0.504 e. The summed E-state index contributed by atoms with van der Waals surface area (Å²) in [5.41, 5.74) is 0.549. The van der Waals surface area contributed by atoms with E-state index in [-0.39, 0.29) is 11.5 Å². The van der Waals surface area contributed by atoms with Gasteiger partial charge in [0.05, 0.1) is 0 Å². The fourth-order valence-electron chi connectivity index (χ4n) is 1.27. The van der Waals surface area contributed by atoms with Crippen molar-refractivity contribution < 1.29 is 24.9 Å². The highest BCUT2D eigenvalue weighted by Gasteiger charge is 2.46. The fourth-order valence-corrected chi connectivity index (χ4v) is 1.27. The molecule has 1 aromatic carbocycles. The molecular weight excluding hydrogens is 188 g/mol. The number of aliphatic carboxylic acids is 1. The normalized spacial score (nSPS) is 24.6. The lowest BCUT2D eigenvalue weighted by Crippen LogP contribution is -2.04. The molecule has 2 rings (SSSR count). The van der Waals surface area contributed by atoms with E-state index in [0.29, 0.717) is 5.56 Å². The predicted octanol–water partition coefficient (Wildman–Crippen LogP) is 0.622. The number of benzene rings is 1. The SMILES string of the molecule is O=C(O)C1OC1c1ccc(O)c(O)c1. The van der Waals surface area contributed by atoms with Crippen molar-refractivity contribution in [1.82, 2.24) is 0 Å². The van der Waals surface area contributed by atoms with Crippen LogP contribution in [0.4, 0.5) is 0 Å². The van der Waals surface area contributed by atoms with Gasteiger partial charge in [-0.05, 0) is 17.7 Å². The van der Waals surface area contributed by atoms with E-state index in [1.54, 1.807) is 0 Å². The van der Waals surface area contributed by atoms with Crippen molar-refractivity contribution in [3.8, 4) is 11.5 Å². The molecule has 0 aromatic heterocycles. The zero-order chi connectivity index (χ0) is 10.3. The van der Waals surface area contributed by atoms with Crippen molar-refractivity contribution in [2.75, 3.05) is 0 Å². The van der Waals surface area contributed by atoms with Crippen LogP contribution >= 0.6 is 0 Å². The number of ether oxygens (including phenoxy) is 1. The van der Waals surface area contributed by atoms with Crippen molar-refractivity contribution >= 4 is 5.97 Å². The average molecular weight is 196 g/mol. The third-order valence-electron chi connectivity index (χ3n) is 2.06. The van der Waals surface area contributed by atoms with Crippen LogP contribution < -0.4 is 0 Å². The van der Waals surface area contributed by atoms with Crippen LogP contribution in [-0.2, 0) is 9.53 Å². The van der Waals surface area contributed by atoms with Crippen molar-refractivity contribution in [2.45, 2.75) is 12.2 Å². The number of carbonyl (C=O) groups is 1. The molecule has 1 heterocycles. The number of carboxylic acid groups (broad SMARTS) is 1. The lowest BCUT2D eigenvalue weighted by atomic mass is 10.1. The highest BCUT2D eigenvalue weighted by atomic mass is 16.6. The van der Waals surface area contributed by atoms with Gasteiger partial charge in [0.25, 0.3) is 0 Å². The molecule has 0 spiro atoms. The van der Waals surface area contributed by atoms with Gasteiger partial charge in [-0.2, -0.15) is 0 Å². The smallest absolute Gasteiger partial charge is 0.335 e. The molecular formula is C9H8O5. The van der Waals surface area contributed by atoms with Crippen LogP contribution in [0.1, 0.15) is 11.7 Å². The van der Waals surface area contributed by atoms with Crippen molar-refractivity contribution in [3.05, 3.63) is 23.8 Å². The van der Waals surface area contributed by atoms with E-state index < -0.39 is 18.2 Å². The largest absolute Gasteiger partial charge is 0.504 e. The summed E-state index contributed by atoms with van der Waals surface area (Å²) in [5.74, 6) is -1.54. The molecule has 5 nitrogen and oxygen atoms in total. The summed E-state index contributed by atoms with van der Waals surface area (Å²) >= 11 is 0. The number of hydrogen-bond acceptors (Lipinski definition) is 4. The number of carboxylic acids is 1. The zero-order valence-corrected chi connectivity index (χ0v) is 7.04. The average Bonchev–Trinajstić information content (AvgIpc) is 2.89. The Hall–Kier alpha value is -1.75. The van der Waals surface area contributed by atoms with Crippen LogP contribution in [0.25, 0.3) is 0 Å². The molecule has 14 heavy (non-hydrogen) atoms. The third-order valence-corrected chi connectivity index (χ3v) is 2.06. The van der Waals surface area contributed by atoms with Crippen LogP contribution in [0.15, 0.2) is 18.2 Å². The van der Waals surface area contributed by atoms with E-state index in [4.69, 9.17) is 20.1 Å². The number of rotatable bonds is 2. The monoisotopic (exact) mass is 196 g/mol. The van der Waals surface area contributed by atoms with Gasteiger partial charge < -0.3 is 20.1 Å². The Morgan fingerprint density at radius 3 is 2.50 bits per heavy atom. The Balaban J connectivity index is 2.20. The molecule has 0 amide bonds. The summed E-state index contributed by atoms with van der Waals surface area (Å²) in [6, 6.07) is 4.11. The number of phenols is 2. The Morgan fingerprint density at radius 2 is 2.00 bits per heavy atom. The molecule has 0 aliphatic carbocycles. The third kappa shape index (κ3) is 1.38. The van der Waals surface area contributed by atoms with E-state index in [9.17, 15) is 4.79 Å². The molecule has 0 bridgehead atoms. The summed E-state index contributed by atoms with van der Waals surface area (Å²) in [6.45, 7) is 0. The molecule has 0 saturated carbocycles. The second kappa shape index (κ2) is 2.88. The minimum atomic E-state index is -1.03. The zero-order valence-electron chi connectivity index (χ0n) is 7.04. The molecule has 1 aliphatic heterocycles. The van der Waals surface area contributed by atoms with Crippen LogP contribution in [0.5, 0.6) is 11.5 Å². The van der Waals surface area contributed by atoms with Crippen molar-refractivity contribution in [3.63, 3.8) is 0 Å². The highest BCUT2D eigenvalue weighted by molar-refractivity contribution is 5.76. The van der Waals surface area contributed by atoms with Crippen molar-refractivity contribution in [1.29, 1.82) is 0 Å². The first-order valence-corrected chi connectivity index (χ1v) is 4.00. The van der Waals surface area contributed by atoms with Crippen LogP contribution in [0.2, 0.25) is 0 Å². The topological polar surface area (TPSA) is 90.3 Å². The number of aromatic hydroxyl groups is 2. The predicted molar refractivity (Wildman–Crippen MR) is 45.0 cm³/mol. The van der Waals surface area contributed by atoms with Gasteiger partial charge in [-0.25, -0.2) is 4.79 Å². The first-order valence-electron chi connectivity index (χ1n) is 4.00. The van der Waals surface area contributed by atoms with Crippen LogP contribution in [0, 0.1) is 0 Å². The molecule has 1 saturated heterocycles. The number of epoxide rings is 1. The van der Waals surface area contributed by atoms with E-state index >= 15 is 0 Å². The van der Waals surface area contributed by atoms with Gasteiger partial charge in [-0.1, -0.05) is 6.07 Å². The summed E-state index contributed by atoms with van der Waals surface area (Å²) in [6.07, 6.45) is -1.35. The van der Waals surface area contributed by atoms with E-state index in [2.05, 4.69) is 0 Å². The van der Waals surface area contributed by atoms with Crippen LogP contribution in [-0.4, -0.2) is 27.4 Å². The first-order chi connectivity index (χ1) is 6.59. The van der Waals surface area contributed by atoms with Gasteiger partial charge in [0.2, 0.25) is 0 Å². The minimum absolute atomic E-state index is 0.235. The van der Waals surface area contributed by atoms with Crippen molar-refractivity contribution in [2.24, 2.45) is 0 Å². The first kappa shape index (κ1) is 8.83. The second-order valence-electron chi connectivity index (χ2n) is 3.06. The molecule has 3 N–H and O–H groups in total. The van der Waals surface area contributed by atoms with Gasteiger partial charge in [0.1, 0.15) is 6.10 Å². The molecule has 1 aliphatic rings. The molecule has 5 heteroatoms. The maximum absolute atomic E-state index is 10.5. The van der Waals surface area contributed by atoms with Gasteiger partial charge in [0.15, 0.2) is 17.6 Å². The Bertz CT molecular complexity index is 387. The van der Waals surface area contributed by atoms with Gasteiger partial charge in [-0.3, -0.25) is 0 Å². The summed E-state index contributed by atoms with van der Waals surface area (Å²) in [7, 11) is 0. The quantitative estimate of drug-likeness (QED) is 0.476. The molecule has 2 unspecified atom stereocenters. The molecule has 0 radical (unpaired) electrons. The molecule has 2 atom stereocenters. The Labute approximate surface area is 79.2 Å². The number of hydrogen-bond donors (Lipinski definition) is 3. The van der Waals surface area contributed by atoms with E-state index in [1.165, 1.54) is 18.2 Å². The maximum atomic E-state index is 10.5. The lowest BCUT2D eigenvalue weighted by molar-refractivity contribution is -0.138. The standard InChI is InChI=1S/C9H8O5/c10-5-2-1-4(3-6(5)11)7-8(14-7)9(12)13/h1-3,7-8,10-11H,(H,12,13). The Kier molecular flexibility index (Phi) is 1.82. The molecule has 1 fully saturated rings. The number of phenolic OH excluding ortho intramolecular Hbond substituents is 2. The molecule has 74 valence electrons. The summed E-state index contributed by atoms with van der Waals surface area (Å²) in [4.78, 5) is 10.5. The molecule has 1 aromatic rings. The van der Waals surface area contributed by atoms with Gasteiger partial charge >= 0.3 is 5.97 Å². The van der Waals surface area contributed by atoms with Gasteiger partial charge in [0, 0.05) is 0 Å². The Morgan fingerprint density at radius 1 is 1.29 bits per heavy atom. The second-order valence-corrected chi connectivity index (χ2v) is 3.06. The van der Waals surface area contributed by atoms with E-state index in [1.807, 2.05) is 0 Å². The lowest BCUT2D eigenvalue weighted by Gasteiger charge is -1.99. The summed E-state index contributed by atoms with van der Waals surface area (Å²) in [5, 5.41) is 26.7. The highest BCUT2D eigenvalue weighted by Crippen LogP contribution is 2.41. The van der Waals surface area contributed by atoms with Crippen LogP contribution in [0.3, 0.4) is 0 Å². The fraction of sp³-hybridized carbons (Fsp3) is 0.222.